The van der Waals surface area contributed by atoms with E-state index in [4.69, 9.17) is 14.9 Å². The Balaban J connectivity index is 3.12. The highest BCUT2D eigenvalue weighted by Gasteiger charge is 2.11. The molecule has 0 amide bonds. The molecule has 0 aliphatic heterocycles. The number of aliphatic hydroxyl groups excluding tert-OH is 2. The van der Waals surface area contributed by atoms with Gasteiger partial charge in [-0.05, 0) is 36.1 Å². The zero-order valence-electron chi connectivity index (χ0n) is 8.66. The minimum atomic E-state index is -0.372. The largest absolute Gasteiger partial charge is 0.496 e. The van der Waals surface area contributed by atoms with Gasteiger partial charge in [0.15, 0.2) is 0 Å². The van der Waals surface area contributed by atoms with Crippen molar-refractivity contribution in [3.8, 4) is 5.75 Å². The lowest BCUT2D eigenvalue weighted by Crippen LogP contribution is -2.03. The predicted octanol–water partition coefficient (Wildman–Crippen LogP) is 0.904. The molecule has 0 atom stereocenters. The van der Waals surface area contributed by atoms with Gasteiger partial charge >= 0.3 is 0 Å². The number of aliphatic hydroxyl groups is 2. The van der Waals surface area contributed by atoms with E-state index in [0.717, 1.165) is 0 Å². The second-order valence-corrected chi connectivity index (χ2v) is 3.20. The van der Waals surface area contributed by atoms with E-state index >= 15 is 0 Å². The molecule has 1 aromatic carbocycles. The molecule has 0 aliphatic carbocycles. The van der Waals surface area contributed by atoms with E-state index in [1.807, 2.05) is 0 Å². The highest BCUT2D eigenvalue weighted by Crippen LogP contribution is 2.26. The van der Waals surface area contributed by atoms with Crippen molar-refractivity contribution in [2.75, 3.05) is 20.3 Å². The Bertz CT molecular complexity index is 299. The van der Waals surface area contributed by atoms with E-state index in [1.54, 1.807) is 0 Å². The van der Waals surface area contributed by atoms with Crippen molar-refractivity contribution in [1.82, 2.24) is 0 Å². The summed E-state index contributed by atoms with van der Waals surface area (Å²) in [6.07, 6.45) is 0.693. The van der Waals surface area contributed by atoms with Gasteiger partial charge in [0.05, 0.1) is 7.11 Å². The second-order valence-electron chi connectivity index (χ2n) is 3.20. The van der Waals surface area contributed by atoms with Crippen molar-refractivity contribution in [1.29, 1.82) is 0 Å². The monoisotopic (exact) mass is 214 g/mol. The number of hydrogen-bond acceptors (Lipinski definition) is 3. The molecular formula is C11H15FO3. The third-order valence-corrected chi connectivity index (χ3v) is 2.17. The molecule has 4 heteroatoms. The lowest BCUT2D eigenvalue weighted by atomic mass is 10.0. The Morgan fingerprint density at radius 1 is 1.13 bits per heavy atom. The molecule has 0 unspecified atom stereocenters. The molecule has 1 aromatic rings. The van der Waals surface area contributed by atoms with Crippen LogP contribution in [-0.4, -0.2) is 30.5 Å². The Hall–Kier alpha value is -1.13. The van der Waals surface area contributed by atoms with Crippen molar-refractivity contribution >= 4 is 0 Å². The minimum Gasteiger partial charge on any atom is -0.496 e. The van der Waals surface area contributed by atoms with E-state index < -0.39 is 0 Å². The third kappa shape index (κ3) is 2.91. The van der Waals surface area contributed by atoms with Crippen LogP contribution in [0, 0.1) is 5.82 Å². The first-order valence-electron chi connectivity index (χ1n) is 4.80. The van der Waals surface area contributed by atoms with E-state index in [-0.39, 0.29) is 19.0 Å². The van der Waals surface area contributed by atoms with Crippen LogP contribution in [0.1, 0.15) is 11.1 Å². The summed E-state index contributed by atoms with van der Waals surface area (Å²) in [6.45, 7) is -0.114. The van der Waals surface area contributed by atoms with E-state index in [2.05, 4.69) is 0 Å². The predicted molar refractivity (Wildman–Crippen MR) is 54.5 cm³/mol. The summed E-state index contributed by atoms with van der Waals surface area (Å²) in [6, 6.07) is 2.69. The van der Waals surface area contributed by atoms with Crippen LogP contribution >= 0.6 is 0 Å². The maximum Gasteiger partial charge on any atom is 0.125 e. The van der Waals surface area contributed by atoms with Gasteiger partial charge in [0.25, 0.3) is 0 Å². The third-order valence-electron chi connectivity index (χ3n) is 2.17. The minimum absolute atomic E-state index is 0.0572. The van der Waals surface area contributed by atoms with Gasteiger partial charge in [-0.3, -0.25) is 0 Å². The molecule has 0 radical (unpaired) electrons. The first kappa shape index (κ1) is 11.9. The molecule has 3 nitrogen and oxygen atoms in total. The van der Waals surface area contributed by atoms with Crippen LogP contribution in [0.3, 0.4) is 0 Å². The summed E-state index contributed by atoms with van der Waals surface area (Å²) in [5, 5.41) is 17.6. The van der Waals surface area contributed by atoms with E-state index in [1.165, 1.54) is 19.2 Å². The molecule has 15 heavy (non-hydrogen) atoms. The number of ether oxygens (including phenoxy) is 1. The number of methoxy groups -OCH3 is 1. The lowest BCUT2D eigenvalue weighted by Gasteiger charge is -2.12. The molecule has 0 spiro atoms. The molecular weight excluding hydrogens is 199 g/mol. The smallest absolute Gasteiger partial charge is 0.125 e. The quantitative estimate of drug-likeness (QED) is 0.765. The Labute approximate surface area is 88.1 Å². The van der Waals surface area contributed by atoms with Gasteiger partial charge in [0, 0.05) is 13.2 Å². The number of halogens is 1. The lowest BCUT2D eigenvalue weighted by molar-refractivity contribution is 0.292. The summed E-state index contributed by atoms with van der Waals surface area (Å²) in [5.41, 5.74) is 1.26. The molecule has 1 rings (SSSR count). The van der Waals surface area contributed by atoms with Crippen LogP contribution < -0.4 is 4.74 Å². The number of hydrogen-bond donors (Lipinski definition) is 2. The molecule has 0 aromatic heterocycles. The first-order valence-corrected chi connectivity index (χ1v) is 4.80. The van der Waals surface area contributed by atoms with Crippen molar-refractivity contribution in [2.24, 2.45) is 0 Å². The first-order chi connectivity index (χ1) is 7.22. The second kappa shape index (κ2) is 5.68. The van der Waals surface area contributed by atoms with Gasteiger partial charge in [-0.25, -0.2) is 4.39 Å². The van der Waals surface area contributed by atoms with Crippen LogP contribution in [-0.2, 0) is 12.8 Å². The fourth-order valence-corrected chi connectivity index (χ4v) is 1.59. The fourth-order valence-electron chi connectivity index (χ4n) is 1.59. The Morgan fingerprint density at radius 3 is 1.93 bits per heavy atom. The number of rotatable bonds is 5. The van der Waals surface area contributed by atoms with Crippen molar-refractivity contribution < 1.29 is 19.3 Å². The van der Waals surface area contributed by atoms with Gasteiger partial charge in [-0.15, -0.1) is 0 Å². The summed E-state index contributed by atoms with van der Waals surface area (Å²) < 4.78 is 18.3. The van der Waals surface area contributed by atoms with Gasteiger partial charge in [0.2, 0.25) is 0 Å². The average Bonchev–Trinajstić information content (AvgIpc) is 2.18. The SMILES string of the molecule is COc1c(CCO)cc(F)cc1CCO. The molecule has 0 heterocycles. The van der Waals surface area contributed by atoms with Crippen molar-refractivity contribution in [3.05, 3.63) is 29.1 Å². The van der Waals surface area contributed by atoms with Gasteiger partial charge in [0.1, 0.15) is 11.6 Å². The van der Waals surface area contributed by atoms with Crippen molar-refractivity contribution in [2.45, 2.75) is 12.8 Å². The van der Waals surface area contributed by atoms with E-state index in [9.17, 15) is 4.39 Å². The zero-order chi connectivity index (χ0) is 11.3. The molecule has 0 aliphatic rings. The molecule has 0 saturated heterocycles. The maximum atomic E-state index is 13.2. The number of benzene rings is 1. The van der Waals surface area contributed by atoms with Crippen LogP contribution in [0.15, 0.2) is 12.1 Å². The summed E-state index contributed by atoms with van der Waals surface area (Å²) in [7, 11) is 1.50. The van der Waals surface area contributed by atoms with Gasteiger partial charge < -0.3 is 14.9 Å². The Morgan fingerprint density at radius 2 is 1.60 bits per heavy atom. The molecule has 2 N–H and O–H groups in total. The van der Waals surface area contributed by atoms with Crippen LogP contribution in [0.2, 0.25) is 0 Å². The topological polar surface area (TPSA) is 49.7 Å². The summed E-state index contributed by atoms with van der Waals surface area (Å²) in [4.78, 5) is 0. The average molecular weight is 214 g/mol. The molecule has 0 saturated carbocycles. The highest BCUT2D eigenvalue weighted by molar-refractivity contribution is 5.42. The highest BCUT2D eigenvalue weighted by atomic mass is 19.1. The standard InChI is InChI=1S/C11H15FO3/c1-15-11-8(2-4-13)6-10(12)7-9(11)3-5-14/h6-7,13-14H,2-5H2,1H3. The van der Waals surface area contributed by atoms with Crippen molar-refractivity contribution in [3.63, 3.8) is 0 Å². The van der Waals surface area contributed by atoms with Gasteiger partial charge in [-0.2, -0.15) is 0 Å². The summed E-state index contributed by atoms with van der Waals surface area (Å²) >= 11 is 0. The van der Waals surface area contributed by atoms with Crippen LogP contribution in [0.4, 0.5) is 4.39 Å². The maximum absolute atomic E-state index is 13.2. The fraction of sp³-hybridized carbons (Fsp3) is 0.455. The van der Waals surface area contributed by atoms with Gasteiger partial charge in [-0.1, -0.05) is 0 Å². The normalized spacial score (nSPS) is 10.4. The molecule has 0 fully saturated rings. The van der Waals surface area contributed by atoms with Crippen LogP contribution in [0.25, 0.3) is 0 Å². The van der Waals surface area contributed by atoms with Crippen LogP contribution in [0.5, 0.6) is 5.75 Å². The zero-order valence-corrected chi connectivity index (χ0v) is 8.66. The van der Waals surface area contributed by atoms with E-state index in [0.29, 0.717) is 29.7 Å². The molecule has 84 valence electrons. The summed E-state index contributed by atoms with van der Waals surface area (Å²) in [5.74, 6) is 0.183. The Kier molecular flexibility index (Phi) is 4.52. The molecule has 0 bridgehead atoms.